The molecular formula is C13H11BrN2O3S. The van der Waals surface area contributed by atoms with Crippen LogP contribution < -0.4 is 5.32 Å². The summed E-state index contributed by atoms with van der Waals surface area (Å²) in [6.07, 6.45) is 1.49. The number of rotatable bonds is 3. The van der Waals surface area contributed by atoms with E-state index in [2.05, 4.69) is 31.0 Å². The summed E-state index contributed by atoms with van der Waals surface area (Å²) in [7, 11) is 1.31. The second kappa shape index (κ2) is 6.15. The fraction of sp³-hybridized carbons (Fsp3) is 0.154. The maximum absolute atomic E-state index is 12.1. The number of nitrogens with one attached hydrogen (secondary N) is 1. The topological polar surface area (TPSA) is 68.3 Å². The van der Waals surface area contributed by atoms with Crippen LogP contribution in [0.1, 0.15) is 25.6 Å². The Bertz CT molecular complexity index is 669. The summed E-state index contributed by atoms with van der Waals surface area (Å²) in [5.74, 6) is -0.709. The molecule has 2 rings (SSSR count). The minimum absolute atomic E-state index is 0.265. The number of ether oxygens (including phenoxy) is 1. The molecule has 1 heterocycles. The van der Waals surface area contributed by atoms with Gasteiger partial charge in [0, 0.05) is 5.69 Å². The molecule has 104 valence electrons. The quantitative estimate of drug-likeness (QED) is 0.859. The van der Waals surface area contributed by atoms with Crippen LogP contribution in [-0.2, 0) is 4.74 Å². The number of carbonyl (C=O) groups excluding carboxylic acids is 2. The summed E-state index contributed by atoms with van der Waals surface area (Å²) < 4.78 is 5.30. The van der Waals surface area contributed by atoms with Crippen LogP contribution in [0.2, 0.25) is 0 Å². The van der Waals surface area contributed by atoms with E-state index >= 15 is 0 Å². The van der Waals surface area contributed by atoms with Crippen molar-refractivity contribution in [3.8, 4) is 0 Å². The summed E-state index contributed by atoms with van der Waals surface area (Å²) >= 11 is 4.44. The normalized spacial score (nSPS) is 10.2. The molecule has 7 heteroatoms. The number of thiazole rings is 1. The number of hydrogen-bond acceptors (Lipinski definition) is 5. The highest BCUT2D eigenvalue weighted by Crippen LogP contribution is 2.22. The second-order valence-corrected chi connectivity index (χ2v) is 6.26. The van der Waals surface area contributed by atoms with Crippen LogP contribution in [0, 0.1) is 6.92 Å². The summed E-state index contributed by atoms with van der Waals surface area (Å²) in [4.78, 5) is 28.0. The van der Waals surface area contributed by atoms with Crippen LogP contribution in [0.3, 0.4) is 0 Å². The lowest BCUT2D eigenvalue weighted by molar-refractivity contribution is 0.0600. The van der Waals surface area contributed by atoms with Gasteiger partial charge in [-0.1, -0.05) is 6.07 Å². The predicted octanol–water partition coefficient (Wildman–Crippen LogP) is 3.25. The zero-order valence-electron chi connectivity index (χ0n) is 10.8. The first-order valence-corrected chi connectivity index (χ1v) is 7.24. The lowest BCUT2D eigenvalue weighted by Crippen LogP contribution is -2.12. The van der Waals surface area contributed by atoms with E-state index in [-0.39, 0.29) is 5.91 Å². The van der Waals surface area contributed by atoms with Gasteiger partial charge in [-0.25, -0.2) is 9.78 Å². The zero-order chi connectivity index (χ0) is 14.7. The van der Waals surface area contributed by atoms with Crippen molar-refractivity contribution >= 4 is 44.8 Å². The molecule has 0 atom stereocenters. The molecule has 0 saturated carbocycles. The fourth-order valence-electron chi connectivity index (χ4n) is 1.54. The molecule has 5 nitrogen and oxygen atoms in total. The van der Waals surface area contributed by atoms with Gasteiger partial charge in [-0.3, -0.25) is 4.79 Å². The van der Waals surface area contributed by atoms with Crippen molar-refractivity contribution in [2.24, 2.45) is 0 Å². The average molecular weight is 355 g/mol. The standard InChI is InChI=1S/C13H11BrN2O3S/c1-7-3-4-8(12(18)19-2)5-9(7)16-11(17)10-6-15-13(14)20-10/h3-6H,1-2H3,(H,16,17). The molecule has 1 aromatic heterocycles. The highest BCUT2D eigenvalue weighted by Gasteiger charge is 2.13. The maximum atomic E-state index is 12.1. The third-order valence-corrected chi connectivity index (χ3v) is 4.08. The van der Waals surface area contributed by atoms with Gasteiger partial charge in [0.15, 0.2) is 3.92 Å². The minimum atomic E-state index is -0.443. The van der Waals surface area contributed by atoms with Crippen LogP contribution in [0.15, 0.2) is 28.3 Å². The Morgan fingerprint density at radius 2 is 2.15 bits per heavy atom. The Balaban J connectivity index is 2.24. The van der Waals surface area contributed by atoms with Gasteiger partial charge in [0.05, 0.1) is 18.9 Å². The van der Waals surface area contributed by atoms with Gasteiger partial charge in [-0.15, -0.1) is 11.3 Å². The summed E-state index contributed by atoms with van der Waals surface area (Å²) in [6, 6.07) is 5.00. The van der Waals surface area contributed by atoms with E-state index in [0.29, 0.717) is 20.0 Å². The lowest BCUT2D eigenvalue weighted by atomic mass is 10.1. The molecule has 2 aromatic rings. The van der Waals surface area contributed by atoms with Crippen molar-refractivity contribution in [2.75, 3.05) is 12.4 Å². The van der Waals surface area contributed by atoms with Crippen LogP contribution in [0.4, 0.5) is 5.69 Å². The van der Waals surface area contributed by atoms with Crippen molar-refractivity contribution < 1.29 is 14.3 Å². The molecule has 0 saturated heterocycles. The molecule has 1 aromatic carbocycles. The van der Waals surface area contributed by atoms with E-state index in [1.54, 1.807) is 18.2 Å². The number of nitrogens with zero attached hydrogens (tertiary/aromatic N) is 1. The summed E-state index contributed by atoms with van der Waals surface area (Å²) in [5.41, 5.74) is 1.82. The number of aromatic nitrogens is 1. The van der Waals surface area contributed by atoms with Gasteiger partial charge < -0.3 is 10.1 Å². The van der Waals surface area contributed by atoms with Gasteiger partial charge in [0.25, 0.3) is 5.91 Å². The van der Waals surface area contributed by atoms with Crippen LogP contribution in [0.25, 0.3) is 0 Å². The fourth-order valence-corrected chi connectivity index (χ4v) is 2.70. The Morgan fingerprint density at radius 3 is 2.75 bits per heavy atom. The first kappa shape index (κ1) is 14.7. The van der Waals surface area contributed by atoms with Crippen molar-refractivity contribution in [3.05, 3.63) is 44.3 Å². The minimum Gasteiger partial charge on any atom is -0.465 e. The molecule has 0 aliphatic carbocycles. The predicted molar refractivity (Wildman–Crippen MR) is 80.3 cm³/mol. The maximum Gasteiger partial charge on any atom is 0.337 e. The van der Waals surface area contributed by atoms with Crippen molar-refractivity contribution in [1.82, 2.24) is 4.98 Å². The number of hydrogen-bond donors (Lipinski definition) is 1. The highest BCUT2D eigenvalue weighted by atomic mass is 79.9. The first-order chi connectivity index (χ1) is 9.51. The Morgan fingerprint density at radius 1 is 1.40 bits per heavy atom. The van der Waals surface area contributed by atoms with Crippen LogP contribution in [0.5, 0.6) is 0 Å². The number of aryl methyl sites for hydroxylation is 1. The van der Waals surface area contributed by atoms with E-state index in [1.165, 1.54) is 24.6 Å². The van der Waals surface area contributed by atoms with Crippen molar-refractivity contribution in [3.63, 3.8) is 0 Å². The number of carbonyl (C=O) groups is 2. The summed E-state index contributed by atoms with van der Waals surface area (Å²) in [5, 5.41) is 2.76. The largest absolute Gasteiger partial charge is 0.465 e. The third kappa shape index (κ3) is 3.23. The molecule has 0 fully saturated rings. The number of halogens is 1. The van der Waals surface area contributed by atoms with Gasteiger partial charge in [0.2, 0.25) is 0 Å². The van der Waals surface area contributed by atoms with Crippen molar-refractivity contribution in [2.45, 2.75) is 6.92 Å². The number of benzene rings is 1. The van der Waals surface area contributed by atoms with E-state index < -0.39 is 5.97 Å². The number of esters is 1. The number of amides is 1. The number of anilines is 1. The van der Waals surface area contributed by atoms with Gasteiger partial charge in [-0.2, -0.15) is 0 Å². The van der Waals surface area contributed by atoms with E-state index in [0.717, 1.165) is 5.56 Å². The van der Waals surface area contributed by atoms with Gasteiger partial charge in [0.1, 0.15) is 4.88 Å². The van der Waals surface area contributed by atoms with E-state index in [4.69, 9.17) is 0 Å². The smallest absolute Gasteiger partial charge is 0.337 e. The van der Waals surface area contributed by atoms with Crippen molar-refractivity contribution in [1.29, 1.82) is 0 Å². The third-order valence-electron chi connectivity index (χ3n) is 2.61. The van der Waals surface area contributed by atoms with Crippen LogP contribution in [-0.4, -0.2) is 24.0 Å². The highest BCUT2D eigenvalue weighted by molar-refractivity contribution is 9.11. The molecule has 0 spiro atoms. The Kier molecular flexibility index (Phi) is 4.51. The molecule has 0 aliphatic heterocycles. The molecule has 0 bridgehead atoms. The second-order valence-electron chi connectivity index (χ2n) is 3.95. The lowest BCUT2D eigenvalue weighted by Gasteiger charge is -2.09. The number of methoxy groups -OCH3 is 1. The molecule has 0 unspecified atom stereocenters. The SMILES string of the molecule is COC(=O)c1ccc(C)c(NC(=O)c2cnc(Br)s2)c1. The average Bonchev–Trinajstić information content (AvgIpc) is 2.87. The molecule has 20 heavy (non-hydrogen) atoms. The molecule has 1 N–H and O–H groups in total. The molecular weight excluding hydrogens is 344 g/mol. The van der Waals surface area contributed by atoms with E-state index in [9.17, 15) is 9.59 Å². The Labute approximate surface area is 128 Å². The van der Waals surface area contributed by atoms with Gasteiger partial charge >= 0.3 is 5.97 Å². The van der Waals surface area contributed by atoms with Gasteiger partial charge in [-0.05, 0) is 40.5 Å². The molecule has 1 amide bonds. The Hall–Kier alpha value is -1.73. The monoisotopic (exact) mass is 354 g/mol. The van der Waals surface area contributed by atoms with Crippen LogP contribution >= 0.6 is 27.3 Å². The first-order valence-electron chi connectivity index (χ1n) is 5.63. The molecule has 0 aliphatic rings. The zero-order valence-corrected chi connectivity index (χ0v) is 13.2. The summed E-state index contributed by atoms with van der Waals surface area (Å²) in [6.45, 7) is 1.85. The molecule has 0 radical (unpaired) electrons. The van der Waals surface area contributed by atoms with E-state index in [1.807, 2.05) is 6.92 Å².